The average molecular weight is 315 g/mol. The summed E-state index contributed by atoms with van der Waals surface area (Å²) in [4.78, 5) is 35.6. The van der Waals surface area contributed by atoms with Crippen LogP contribution in [0.2, 0.25) is 0 Å². The zero-order valence-corrected chi connectivity index (χ0v) is 12.0. The van der Waals surface area contributed by atoms with Crippen molar-refractivity contribution in [1.29, 1.82) is 0 Å². The van der Waals surface area contributed by atoms with Crippen molar-refractivity contribution in [3.05, 3.63) is 58.5 Å². The van der Waals surface area contributed by atoms with E-state index in [2.05, 4.69) is 5.32 Å². The monoisotopic (exact) mass is 315 g/mol. The minimum absolute atomic E-state index is 0.0382. The number of nitro groups is 1. The number of anilines is 1. The van der Waals surface area contributed by atoms with E-state index in [1.165, 1.54) is 30.5 Å². The van der Waals surface area contributed by atoms with Gasteiger partial charge in [0, 0.05) is 12.1 Å². The maximum absolute atomic E-state index is 12.4. The molecule has 1 fully saturated rings. The molecule has 0 spiro atoms. The van der Waals surface area contributed by atoms with Crippen molar-refractivity contribution in [3.8, 4) is 0 Å². The largest absolute Gasteiger partial charge is 0.468 e. The van der Waals surface area contributed by atoms with E-state index in [0.717, 1.165) is 4.90 Å². The molecule has 0 saturated carbocycles. The summed E-state index contributed by atoms with van der Waals surface area (Å²) in [7, 11) is 0. The number of nitrogens with zero attached hydrogens (tertiary/aromatic N) is 2. The minimum Gasteiger partial charge on any atom is -0.468 e. The van der Waals surface area contributed by atoms with Gasteiger partial charge in [0.2, 0.25) is 5.91 Å². The predicted octanol–water partition coefficient (Wildman–Crippen LogP) is 1.61. The highest BCUT2D eigenvalue weighted by Crippen LogP contribution is 2.25. The molecular formula is C15H13N3O5. The first-order valence-corrected chi connectivity index (χ1v) is 6.93. The number of benzene rings is 1. The molecule has 1 aromatic carbocycles. The van der Waals surface area contributed by atoms with Crippen molar-refractivity contribution in [2.45, 2.75) is 19.0 Å². The van der Waals surface area contributed by atoms with Gasteiger partial charge in [-0.1, -0.05) is 0 Å². The van der Waals surface area contributed by atoms with Crippen molar-refractivity contribution in [3.63, 3.8) is 0 Å². The Balaban J connectivity index is 1.71. The highest BCUT2D eigenvalue weighted by molar-refractivity contribution is 6.22. The molecule has 1 N–H and O–H groups in total. The van der Waals surface area contributed by atoms with Crippen LogP contribution in [0, 0.1) is 10.1 Å². The number of carbonyl (C=O) groups excluding carboxylic acids is 2. The Morgan fingerprint density at radius 2 is 2.00 bits per heavy atom. The Bertz CT molecular complexity index is 739. The number of nitro benzene ring substituents is 1. The fourth-order valence-electron chi connectivity index (χ4n) is 2.42. The van der Waals surface area contributed by atoms with E-state index in [-0.39, 0.29) is 23.9 Å². The Morgan fingerprint density at radius 3 is 2.61 bits per heavy atom. The summed E-state index contributed by atoms with van der Waals surface area (Å²) in [5, 5.41) is 13.6. The van der Waals surface area contributed by atoms with Gasteiger partial charge in [-0.25, -0.2) is 4.90 Å². The molecule has 23 heavy (non-hydrogen) atoms. The Labute approximate surface area is 130 Å². The van der Waals surface area contributed by atoms with Gasteiger partial charge in [-0.05, 0) is 24.3 Å². The van der Waals surface area contributed by atoms with E-state index < -0.39 is 11.0 Å². The molecular weight excluding hydrogens is 302 g/mol. The molecule has 1 aliphatic heterocycles. The lowest BCUT2D eigenvalue weighted by molar-refractivity contribution is -0.384. The van der Waals surface area contributed by atoms with Crippen molar-refractivity contribution >= 4 is 23.2 Å². The van der Waals surface area contributed by atoms with Crippen molar-refractivity contribution in [2.75, 3.05) is 4.90 Å². The van der Waals surface area contributed by atoms with E-state index in [4.69, 9.17) is 4.42 Å². The topological polar surface area (TPSA) is 106 Å². The molecule has 2 aromatic rings. The van der Waals surface area contributed by atoms with Crippen LogP contribution >= 0.6 is 0 Å². The molecule has 1 saturated heterocycles. The third kappa shape index (κ3) is 2.97. The summed E-state index contributed by atoms with van der Waals surface area (Å²) in [6.07, 6.45) is 1.57. The lowest BCUT2D eigenvalue weighted by Gasteiger charge is -2.15. The van der Waals surface area contributed by atoms with Gasteiger partial charge in [0.05, 0.1) is 35.9 Å². The maximum Gasteiger partial charge on any atom is 0.269 e. The predicted molar refractivity (Wildman–Crippen MR) is 79.5 cm³/mol. The van der Waals surface area contributed by atoms with Crippen LogP contribution in [0.15, 0.2) is 47.1 Å². The first-order valence-electron chi connectivity index (χ1n) is 6.93. The van der Waals surface area contributed by atoms with Gasteiger partial charge in [0.15, 0.2) is 0 Å². The number of hydrogen-bond acceptors (Lipinski definition) is 6. The SMILES string of the molecule is O=C1CC(NCc2ccco2)C(=O)N1c1ccc([N+](=O)[O-])cc1. The first-order chi connectivity index (χ1) is 11.1. The van der Waals surface area contributed by atoms with Crippen molar-refractivity contribution in [1.82, 2.24) is 5.32 Å². The first kappa shape index (κ1) is 14.9. The second kappa shape index (κ2) is 6.01. The molecule has 0 radical (unpaired) electrons. The van der Waals surface area contributed by atoms with Gasteiger partial charge in [0.1, 0.15) is 5.76 Å². The number of amides is 2. The number of non-ortho nitro benzene ring substituents is 1. The molecule has 0 bridgehead atoms. The van der Waals surface area contributed by atoms with Gasteiger partial charge in [0.25, 0.3) is 11.6 Å². The molecule has 0 aliphatic carbocycles. The molecule has 1 aromatic heterocycles. The molecule has 1 atom stereocenters. The average Bonchev–Trinajstić information content (AvgIpc) is 3.14. The van der Waals surface area contributed by atoms with E-state index in [1.54, 1.807) is 12.1 Å². The smallest absolute Gasteiger partial charge is 0.269 e. The summed E-state index contributed by atoms with van der Waals surface area (Å²) in [6.45, 7) is 0.338. The standard InChI is InChI=1S/C15H13N3O5/c19-14-8-13(16-9-12-2-1-7-23-12)15(20)17(14)10-3-5-11(6-4-10)18(21)22/h1-7,13,16H,8-9H2. The number of carbonyl (C=O) groups is 2. The number of nitrogens with one attached hydrogen (secondary N) is 1. The Hall–Kier alpha value is -3.00. The lowest BCUT2D eigenvalue weighted by atomic mass is 10.2. The minimum atomic E-state index is -0.636. The van der Waals surface area contributed by atoms with Crippen LogP contribution in [0.25, 0.3) is 0 Å². The zero-order chi connectivity index (χ0) is 16.4. The highest BCUT2D eigenvalue weighted by atomic mass is 16.6. The zero-order valence-electron chi connectivity index (χ0n) is 12.0. The maximum atomic E-state index is 12.4. The summed E-state index contributed by atoms with van der Waals surface area (Å²) in [6, 6.07) is 8.18. The molecule has 1 unspecified atom stereocenters. The molecule has 1 aliphatic rings. The lowest BCUT2D eigenvalue weighted by Crippen LogP contribution is -2.38. The van der Waals surface area contributed by atoms with Gasteiger partial charge in [-0.3, -0.25) is 25.0 Å². The van der Waals surface area contributed by atoms with Gasteiger partial charge in [-0.2, -0.15) is 0 Å². The summed E-state index contributed by atoms with van der Waals surface area (Å²) >= 11 is 0. The second-order valence-electron chi connectivity index (χ2n) is 5.06. The highest BCUT2D eigenvalue weighted by Gasteiger charge is 2.39. The van der Waals surface area contributed by atoms with Crippen LogP contribution in [-0.2, 0) is 16.1 Å². The number of rotatable bonds is 5. The third-order valence-corrected chi connectivity index (χ3v) is 3.57. The van der Waals surface area contributed by atoms with Crippen LogP contribution < -0.4 is 10.2 Å². The Kier molecular flexibility index (Phi) is 3.90. The molecule has 3 rings (SSSR count). The van der Waals surface area contributed by atoms with Gasteiger partial charge in [-0.15, -0.1) is 0 Å². The van der Waals surface area contributed by atoms with E-state index in [1.807, 2.05) is 0 Å². The summed E-state index contributed by atoms with van der Waals surface area (Å²) in [5.74, 6) is -0.0600. The van der Waals surface area contributed by atoms with Crippen LogP contribution in [-0.4, -0.2) is 22.8 Å². The van der Waals surface area contributed by atoms with E-state index >= 15 is 0 Å². The molecule has 8 nitrogen and oxygen atoms in total. The fraction of sp³-hybridized carbons (Fsp3) is 0.200. The quantitative estimate of drug-likeness (QED) is 0.510. The number of hydrogen-bond donors (Lipinski definition) is 1. The molecule has 118 valence electrons. The van der Waals surface area contributed by atoms with Crippen LogP contribution in [0.3, 0.4) is 0 Å². The summed E-state index contributed by atoms with van der Waals surface area (Å²) < 4.78 is 5.17. The fourth-order valence-corrected chi connectivity index (χ4v) is 2.42. The number of furan rings is 1. The van der Waals surface area contributed by atoms with Crippen molar-refractivity contribution < 1.29 is 18.9 Å². The number of imide groups is 1. The van der Waals surface area contributed by atoms with E-state index in [9.17, 15) is 19.7 Å². The van der Waals surface area contributed by atoms with Gasteiger partial charge >= 0.3 is 0 Å². The molecule has 2 heterocycles. The van der Waals surface area contributed by atoms with E-state index in [0.29, 0.717) is 18.0 Å². The van der Waals surface area contributed by atoms with Gasteiger partial charge < -0.3 is 4.42 Å². The molecule has 8 heteroatoms. The summed E-state index contributed by atoms with van der Waals surface area (Å²) in [5.41, 5.74) is 0.230. The van der Waals surface area contributed by atoms with Crippen LogP contribution in [0.1, 0.15) is 12.2 Å². The Morgan fingerprint density at radius 1 is 1.26 bits per heavy atom. The van der Waals surface area contributed by atoms with Crippen molar-refractivity contribution in [2.24, 2.45) is 0 Å². The van der Waals surface area contributed by atoms with Crippen LogP contribution in [0.5, 0.6) is 0 Å². The second-order valence-corrected chi connectivity index (χ2v) is 5.06. The van der Waals surface area contributed by atoms with Crippen LogP contribution in [0.4, 0.5) is 11.4 Å². The normalized spacial score (nSPS) is 17.7. The molecule has 2 amide bonds. The third-order valence-electron chi connectivity index (χ3n) is 3.57.